The van der Waals surface area contributed by atoms with Gasteiger partial charge in [0.1, 0.15) is 5.82 Å². The van der Waals surface area contributed by atoms with E-state index in [1.165, 1.54) is 11.4 Å². The summed E-state index contributed by atoms with van der Waals surface area (Å²) < 4.78 is 14.2. The van der Waals surface area contributed by atoms with Crippen molar-refractivity contribution in [1.82, 2.24) is 4.98 Å². The van der Waals surface area contributed by atoms with E-state index < -0.39 is 11.8 Å². The lowest BCUT2D eigenvalue weighted by Crippen LogP contribution is -1.94. The van der Waals surface area contributed by atoms with E-state index in [9.17, 15) is 9.18 Å². The zero-order valence-electron chi connectivity index (χ0n) is 7.78. The Morgan fingerprint density at radius 2 is 2.25 bits per heavy atom. The van der Waals surface area contributed by atoms with Crippen LogP contribution in [-0.2, 0) is 0 Å². The summed E-state index contributed by atoms with van der Waals surface area (Å²) in [6.07, 6.45) is 0. The number of benzene rings is 1. The molecular weight excluding hydrogens is 297 g/mol. The van der Waals surface area contributed by atoms with Crippen LogP contribution < -0.4 is 0 Å². The third-order valence-corrected chi connectivity index (χ3v) is 3.22. The molecule has 1 aromatic carbocycles. The molecule has 0 amide bonds. The maximum absolute atomic E-state index is 13.5. The summed E-state index contributed by atoms with van der Waals surface area (Å²) in [5.74, 6) is -1.53. The lowest BCUT2D eigenvalue weighted by atomic mass is 10.1. The first-order valence-electron chi connectivity index (χ1n) is 4.22. The quantitative estimate of drug-likeness (QED) is 0.925. The second-order valence-electron chi connectivity index (χ2n) is 2.97. The Balaban J connectivity index is 2.50. The van der Waals surface area contributed by atoms with E-state index in [1.54, 1.807) is 12.1 Å². The molecule has 16 heavy (non-hydrogen) atoms. The molecule has 0 aliphatic carbocycles. The molecular formula is C10H5BrFNO2S. The fourth-order valence-electron chi connectivity index (χ4n) is 1.19. The molecule has 3 nitrogen and oxygen atoms in total. The average Bonchev–Trinajstić information content (AvgIpc) is 2.70. The zero-order valence-corrected chi connectivity index (χ0v) is 10.2. The third kappa shape index (κ3) is 2.12. The highest BCUT2D eigenvalue weighted by molar-refractivity contribution is 9.10. The number of carboxylic acids is 1. The molecule has 1 heterocycles. The number of carboxylic acid groups (broad SMARTS) is 1. The molecule has 0 bridgehead atoms. The summed E-state index contributed by atoms with van der Waals surface area (Å²) in [5, 5.41) is 10.2. The maximum Gasteiger partial charge on any atom is 0.365 e. The number of aromatic nitrogens is 1. The molecule has 1 aromatic heterocycles. The van der Waals surface area contributed by atoms with Gasteiger partial charge in [0, 0.05) is 15.4 Å². The van der Waals surface area contributed by atoms with E-state index >= 15 is 0 Å². The fourth-order valence-corrected chi connectivity index (χ4v) is 2.21. The molecule has 0 fully saturated rings. The van der Waals surface area contributed by atoms with Gasteiger partial charge in [-0.05, 0) is 18.2 Å². The largest absolute Gasteiger partial charge is 0.476 e. The van der Waals surface area contributed by atoms with Crippen LogP contribution in [0.25, 0.3) is 11.3 Å². The van der Waals surface area contributed by atoms with Crippen LogP contribution in [0.5, 0.6) is 0 Å². The molecule has 2 aromatic rings. The van der Waals surface area contributed by atoms with Crippen molar-refractivity contribution < 1.29 is 14.3 Å². The minimum Gasteiger partial charge on any atom is -0.476 e. The molecule has 2 rings (SSSR count). The SMILES string of the molecule is O=C(O)c1nc(-c2cc(Br)ccc2F)cs1. The van der Waals surface area contributed by atoms with E-state index in [-0.39, 0.29) is 10.6 Å². The first-order chi connectivity index (χ1) is 7.58. The van der Waals surface area contributed by atoms with Gasteiger partial charge in [0.2, 0.25) is 5.01 Å². The minimum atomic E-state index is -1.10. The Labute approximate surface area is 103 Å². The van der Waals surface area contributed by atoms with Crippen molar-refractivity contribution in [1.29, 1.82) is 0 Å². The van der Waals surface area contributed by atoms with Crippen LogP contribution in [-0.4, -0.2) is 16.1 Å². The summed E-state index contributed by atoms with van der Waals surface area (Å²) in [5.41, 5.74) is 0.624. The van der Waals surface area contributed by atoms with Crippen LogP contribution in [0.3, 0.4) is 0 Å². The van der Waals surface area contributed by atoms with Gasteiger partial charge in [-0.25, -0.2) is 14.2 Å². The van der Waals surface area contributed by atoms with E-state index in [0.29, 0.717) is 10.2 Å². The molecule has 0 aliphatic rings. The van der Waals surface area contributed by atoms with Gasteiger partial charge in [-0.15, -0.1) is 11.3 Å². The summed E-state index contributed by atoms with van der Waals surface area (Å²) in [6.45, 7) is 0. The highest BCUT2D eigenvalue weighted by Crippen LogP contribution is 2.27. The van der Waals surface area contributed by atoms with Gasteiger partial charge >= 0.3 is 5.97 Å². The second-order valence-corrected chi connectivity index (χ2v) is 4.74. The van der Waals surface area contributed by atoms with Crippen molar-refractivity contribution in [3.8, 4) is 11.3 Å². The van der Waals surface area contributed by atoms with Gasteiger partial charge < -0.3 is 5.11 Å². The number of carbonyl (C=O) groups is 1. The molecule has 0 spiro atoms. The molecule has 0 saturated heterocycles. The molecule has 0 unspecified atom stereocenters. The second kappa shape index (κ2) is 4.31. The average molecular weight is 302 g/mol. The van der Waals surface area contributed by atoms with Crippen molar-refractivity contribution in [3.05, 3.63) is 38.9 Å². The van der Waals surface area contributed by atoms with Crippen molar-refractivity contribution >= 4 is 33.2 Å². The molecule has 6 heteroatoms. The normalized spacial score (nSPS) is 10.4. The topological polar surface area (TPSA) is 50.2 Å². The summed E-state index contributed by atoms with van der Waals surface area (Å²) in [4.78, 5) is 14.5. The van der Waals surface area contributed by atoms with Gasteiger partial charge in [0.05, 0.1) is 5.69 Å². The first kappa shape index (κ1) is 11.2. The van der Waals surface area contributed by atoms with Crippen LogP contribution >= 0.6 is 27.3 Å². The van der Waals surface area contributed by atoms with Crippen molar-refractivity contribution in [3.63, 3.8) is 0 Å². The van der Waals surface area contributed by atoms with Gasteiger partial charge in [-0.3, -0.25) is 0 Å². The van der Waals surface area contributed by atoms with E-state index in [0.717, 1.165) is 11.3 Å². The van der Waals surface area contributed by atoms with E-state index in [2.05, 4.69) is 20.9 Å². The van der Waals surface area contributed by atoms with Crippen molar-refractivity contribution in [2.75, 3.05) is 0 Å². The highest BCUT2D eigenvalue weighted by Gasteiger charge is 2.13. The van der Waals surface area contributed by atoms with Crippen molar-refractivity contribution in [2.24, 2.45) is 0 Å². The number of hydrogen-bond donors (Lipinski definition) is 1. The number of rotatable bonds is 2. The smallest absolute Gasteiger partial charge is 0.365 e. The summed E-state index contributed by atoms with van der Waals surface area (Å²) in [7, 11) is 0. The van der Waals surface area contributed by atoms with E-state index in [4.69, 9.17) is 5.11 Å². The van der Waals surface area contributed by atoms with Crippen LogP contribution in [0.15, 0.2) is 28.1 Å². The number of hydrogen-bond acceptors (Lipinski definition) is 3. The highest BCUT2D eigenvalue weighted by atomic mass is 79.9. The van der Waals surface area contributed by atoms with Gasteiger partial charge in [0.15, 0.2) is 0 Å². The van der Waals surface area contributed by atoms with Crippen LogP contribution in [0.1, 0.15) is 9.80 Å². The van der Waals surface area contributed by atoms with Crippen LogP contribution in [0.2, 0.25) is 0 Å². The Morgan fingerprint density at radius 1 is 1.50 bits per heavy atom. The van der Waals surface area contributed by atoms with Gasteiger partial charge in [-0.2, -0.15) is 0 Å². The monoisotopic (exact) mass is 301 g/mol. The Bertz CT molecular complexity index is 556. The lowest BCUT2D eigenvalue weighted by molar-refractivity contribution is 0.0696. The molecule has 0 atom stereocenters. The molecule has 0 radical (unpaired) electrons. The maximum atomic E-state index is 13.5. The van der Waals surface area contributed by atoms with Crippen LogP contribution in [0, 0.1) is 5.82 Å². The lowest BCUT2D eigenvalue weighted by Gasteiger charge is -1.99. The van der Waals surface area contributed by atoms with Gasteiger partial charge in [0.25, 0.3) is 0 Å². The Morgan fingerprint density at radius 3 is 2.88 bits per heavy atom. The first-order valence-corrected chi connectivity index (χ1v) is 5.89. The number of thiazole rings is 1. The fraction of sp³-hybridized carbons (Fsp3) is 0. The Hall–Kier alpha value is -1.27. The summed E-state index contributed by atoms with van der Waals surface area (Å²) >= 11 is 4.20. The number of halogens is 2. The standard InChI is InChI=1S/C10H5BrFNO2S/c11-5-1-2-7(12)6(3-5)8-4-16-9(13-8)10(14)15/h1-4H,(H,14,15). The van der Waals surface area contributed by atoms with Crippen molar-refractivity contribution in [2.45, 2.75) is 0 Å². The van der Waals surface area contributed by atoms with E-state index in [1.807, 2.05) is 0 Å². The number of aromatic carboxylic acids is 1. The van der Waals surface area contributed by atoms with Gasteiger partial charge in [-0.1, -0.05) is 15.9 Å². The minimum absolute atomic E-state index is 0.0469. The third-order valence-electron chi connectivity index (χ3n) is 1.89. The predicted octanol–water partition coefficient (Wildman–Crippen LogP) is 3.41. The predicted molar refractivity (Wildman–Crippen MR) is 62.2 cm³/mol. The Kier molecular flexibility index (Phi) is 3.02. The molecule has 0 aliphatic heterocycles. The summed E-state index contributed by atoms with van der Waals surface area (Å²) in [6, 6.07) is 4.44. The number of nitrogens with zero attached hydrogens (tertiary/aromatic N) is 1. The van der Waals surface area contributed by atoms with Crippen LogP contribution in [0.4, 0.5) is 4.39 Å². The zero-order chi connectivity index (χ0) is 11.7. The molecule has 1 N–H and O–H groups in total. The molecule has 82 valence electrons. The molecule has 0 saturated carbocycles.